The molecule has 0 bridgehead atoms. The highest BCUT2D eigenvalue weighted by Crippen LogP contribution is 2.32. The van der Waals surface area contributed by atoms with Crippen molar-refractivity contribution in [2.45, 2.75) is 6.54 Å². The Labute approximate surface area is 141 Å². The first-order valence-electron chi connectivity index (χ1n) is 8.38. The Bertz CT molecular complexity index is 703. The van der Waals surface area contributed by atoms with Crippen LogP contribution >= 0.6 is 0 Å². The number of aromatic nitrogens is 1. The predicted molar refractivity (Wildman–Crippen MR) is 90.5 cm³/mol. The zero-order valence-electron chi connectivity index (χ0n) is 13.5. The Morgan fingerprint density at radius 3 is 2.25 bits per heavy atom. The minimum atomic E-state index is 0.122. The highest BCUT2D eigenvalue weighted by molar-refractivity contribution is 5.94. The van der Waals surface area contributed by atoms with Gasteiger partial charge in [-0.1, -0.05) is 12.1 Å². The fourth-order valence-electron chi connectivity index (χ4n) is 3.92. The quantitative estimate of drug-likeness (QED) is 0.938. The lowest BCUT2D eigenvalue weighted by Crippen LogP contribution is -2.33. The number of hydrogen-bond acceptors (Lipinski definition) is 4. The van der Waals surface area contributed by atoms with Gasteiger partial charge in [0.25, 0.3) is 5.91 Å². The van der Waals surface area contributed by atoms with E-state index in [4.69, 9.17) is 0 Å². The number of phenolic OH excluding ortho intramolecular Hbond substituents is 1. The third-order valence-corrected chi connectivity index (χ3v) is 5.12. The van der Waals surface area contributed by atoms with E-state index in [2.05, 4.69) is 9.88 Å². The van der Waals surface area contributed by atoms with Gasteiger partial charge in [-0.25, -0.2) is 0 Å². The van der Waals surface area contributed by atoms with Crippen LogP contribution in [0.4, 0.5) is 0 Å². The maximum atomic E-state index is 12.5. The molecule has 1 N–H and O–H groups in total. The highest BCUT2D eigenvalue weighted by Gasteiger charge is 2.41. The molecule has 0 unspecified atom stereocenters. The zero-order valence-corrected chi connectivity index (χ0v) is 13.5. The molecule has 2 saturated heterocycles. The summed E-state index contributed by atoms with van der Waals surface area (Å²) in [6, 6.07) is 11.0. The first-order chi connectivity index (χ1) is 11.7. The van der Waals surface area contributed by atoms with E-state index in [1.54, 1.807) is 36.7 Å². The van der Waals surface area contributed by atoms with E-state index < -0.39 is 0 Å². The average Bonchev–Trinajstić information content (AvgIpc) is 3.15. The number of phenols is 1. The standard InChI is InChI=1S/C19H21N3O2/c23-18-3-1-14(2-4-18)9-21-10-16-12-22(13-17(16)11-21)19(24)15-5-7-20-8-6-15/h1-8,16-17,23H,9-13H2/t16-,17-/m1/s1. The number of carbonyl (C=O) groups is 1. The molecule has 0 aliphatic carbocycles. The third-order valence-electron chi connectivity index (χ3n) is 5.12. The van der Waals surface area contributed by atoms with Crippen molar-refractivity contribution in [3.05, 3.63) is 59.9 Å². The smallest absolute Gasteiger partial charge is 0.253 e. The molecule has 0 saturated carbocycles. The fourth-order valence-corrected chi connectivity index (χ4v) is 3.92. The van der Waals surface area contributed by atoms with Gasteiger partial charge in [-0.05, 0) is 41.7 Å². The first-order valence-corrected chi connectivity index (χ1v) is 8.38. The van der Waals surface area contributed by atoms with Gasteiger partial charge in [0.05, 0.1) is 0 Å². The molecule has 124 valence electrons. The molecular formula is C19H21N3O2. The summed E-state index contributed by atoms with van der Waals surface area (Å²) >= 11 is 0. The molecule has 2 fully saturated rings. The number of carbonyl (C=O) groups excluding carboxylic acids is 1. The minimum absolute atomic E-state index is 0.122. The molecule has 2 aliphatic rings. The molecule has 4 rings (SSSR count). The molecule has 0 radical (unpaired) electrons. The van der Waals surface area contributed by atoms with E-state index in [1.165, 1.54) is 5.56 Å². The second kappa shape index (κ2) is 6.24. The van der Waals surface area contributed by atoms with E-state index in [0.29, 0.717) is 17.6 Å². The molecule has 1 aromatic carbocycles. The van der Waals surface area contributed by atoms with Crippen molar-refractivity contribution in [3.63, 3.8) is 0 Å². The number of benzene rings is 1. The molecule has 0 spiro atoms. The van der Waals surface area contributed by atoms with Crippen LogP contribution in [0.15, 0.2) is 48.8 Å². The Kier molecular flexibility index (Phi) is 3.94. The van der Waals surface area contributed by atoms with Crippen molar-refractivity contribution < 1.29 is 9.90 Å². The topological polar surface area (TPSA) is 56.7 Å². The number of likely N-dealkylation sites (tertiary alicyclic amines) is 2. The van der Waals surface area contributed by atoms with Crippen molar-refractivity contribution >= 4 is 5.91 Å². The highest BCUT2D eigenvalue weighted by atomic mass is 16.3. The zero-order chi connectivity index (χ0) is 16.5. The number of hydrogen-bond donors (Lipinski definition) is 1. The van der Waals surface area contributed by atoms with Gasteiger partial charge in [0.2, 0.25) is 0 Å². The van der Waals surface area contributed by atoms with E-state index in [1.807, 2.05) is 17.0 Å². The van der Waals surface area contributed by atoms with Crippen molar-refractivity contribution in [2.24, 2.45) is 11.8 Å². The van der Waals surface area contributed by atoms with Crippen LogP contribution in [-0.2, 0) is 6.54 Å². The monoisotopic (exact) mass is 323 g/mol. The van der Waals surface area contributed by atoms with Gasteiger partial charge >= 0.3 is 0 Å². The van der Waals surface area contributed by atoms with Crippen molar-refractivity contribution in [1.82, 2.24) is 14.8 Å². The molecule has 24 heavy (non-hydrogen) atoms. The minimum Gasteiger partial charge on any atom is -0.508 e. The van der Waals surface area contributed by atoms with Gasteiger partial charge in [0.1, 0.15) is 5.75 Å². The number of nitrogens with zero attached hydrogens (tertiary/aromatic N) is 3. The summed E-state index contributed by atoms with van der Waals surface area (Å²) in [5.41, 5.74) is 1.95. The largest absolute Gasteiger partial charge is 0.508 e. The summed E-state index contributed by atoms with van der Waals surface area (Å²) in [6.07, 6.45) is 3.34. The molecule has 2 atom stereocenters. The molecule has 5 heteroatoms. The van der Waals surface area contributed by atoms with E-state index in [-0.39, 0.29) is 5.91 Å². The first kappa shape index (κ1) is 15.1. The molecule has 2 aliphatic heterocycles. The summed E-state index contributed by atoms with van der Waals surface area (Å²) in [5, 5.41) is 9.37. The Hall–Kier alpha value is -2.40. The second-order valence-electron chi connectivity index (χ2n) is 6.83. The Morgan fingerprint density at radius 2 is 1.62 bits per heavy atom. The number of rotatable bonds is 3. The van der Waals surface area contributed by atoms with Crippen molar-refractivity contribution in [3.8, 4) is 5.75 Å². The van der Waals surface area contributed by atoms with E-state index in [0.717, 1.165) is 38.3 Å². The number of fused-ring (bicyclic) bond motifs is 1. The lowest BCUT2D eigenvalue weighted by molar-refractivity contribution is 0.0773. The average molecular weight is 323 g/mol. The summed E-state index contributed by atoms with van der Waals surface area (Å²) in [6.45, 7) is 4.67. The molecule has 1 amide bonds. The fraction of sp³-hybridized carbons (Fsp3) is 0.368. The van der Waals surface area contributed by atoms with Crippen LogP contribution in [0, 0.1) is 11.8 Å². The summed E-state index contributed by atoms with van der Waals surface area (Å²) in [4.78, 5) is 21.0. The van der Waals surface area contributed by atoms with Crippen LogP contribution in [-0.4, -0.2) is 52.0 Å². The molecule has 2 aromatic rings. The summed E-state index contributed by atoms with van der Waals surface area (Å²) in [7, 11) is 0. The normalized spacial score (nSPS) is 23.4. The molecular weight excluding hydrogens is 302 g/mol. The van der Waals surface area contributed by atoms with Crippen LogP contribution in [0.2, 0.25) is 0 Å². The number of pyridine rings is 1. The van der Waals surface area contributed by atoms with Crippen LogP contribution in [0.25, 0.3) is 0 Å². The maximum absolute atomic E-state index is 12.5. The maximum Gasteiger partial charge on any atom is 0.253 e. The van der Waals surface area contributed by atoms with Gasteiger partial charge in [-0.3, -0.25) is 14.7 Å². The SMILES string of the molecule is O=C(c1ccncc1)N1C[C@H]2CN(Cc3ccc(O)cc3)C[C@@H]2C1. The summed E-state index contributed by atoms with van der Waals surface area (Å²) < 4.78 is 0. The molecule has 1 aromatic heterocycles. The van der Waals surface area contributed by atoms with Crippen molar-refractivity contribution in [1.29, 1.82) is 0 Å². The van der Waals surface area contributed by atoms with E-state index >= 15 is 0 Å². The van der Waals surface area contributed by atoms with Crippen molar-refractivity contribution in [2.75, 3.05) is 26.2 Å². The van der Waals surface area contributed by atoms with Crippen LogP contribution < -0.4 is 0 Å². The van der Waals surface area contributed by atoms with Gasteiger partial charge in [0, 0.05) is 50.7 Å². The molecule has 3 heterocycles. The lowest BCUT2D eigenvalue weighted by Gasteiger charge is -2.21. The predicted octanol–water partition coefficient (Wildman–Crippen LogP) is 1.99. The van der Waals surface area contributed by atoms with Gasteiger partial charge in [-0.2, -0.15) is 0 Å². The van der Waals surface area contributed by atoms with Gasteiger partial charge in [-0.15, -0.1) is 0 Å². The summed E-state index contributed by atoms with van der Waals surface area (Å²) in [5.74, 6) is 1.56. The number of aromatic hydroxyl groups is 1. The van der Waals surface area contributed by atoms with Crippen LogP contribution in [0.3, 0.4) is 0 Å². The Morgan fingerprint density at radius 1 is 1.00 bits per heavy atom. The van der Waals surface area contributed by atoms with Gasteiger partial charge < -0.3 is 10.0 Å². The lowest BCUT2D eigenvalue weighted by atomic mass is 10.0. The third kappa shape index (κ3) is 2.99. The van der Waals surface area contributed by atoms with E-state index in [9.17, 15) is 9.90 Å². The second-order valence-corrected chi connectivity index (χ2v) is 6.83. The van der Waals surface area contributed by atoms with Gasteiger partial charge in [0.15, 0.2) is 0 Å². The number of amides is 1. The molecule has 5 nitrogen and oxygen atoms in total. The van der Waals surface area contributed by atoms with Crippen LogP contribution in [0.1, 0.15) is 15.9 Å². The van der Waals surface area contributed by atoms with Crippen LogP contribution in [0.5, 0.6) is 5.75 Å². The Balaban J connectivity index is 1.35.